The van der Waals surface area contributed by atoms with Crippen LogP contribution in [-0.4, -0.2) is 28.9 Å². The van der Waals surface area contributed by atoms with Gasteiger partial charge in [-0.3, -0.25) is 4.98 Å². The average molecular weight is 434 g/mol. The molecule has 1 aromatic rings. The van der Waals surface area contributed by atoms with E-state index in [1.54, 1.807) is 6.20 Å². The molecule has 0 spiro atoms. The second-order valence-corrected chi connectivity index (χ2v) is 10.3. The van der Waals surface area contributed by atoms with Crippen molar-refractivity contribution in [3.63, 3.8) is 0 Å². The van der Waals surface area contributed by atoms with E-state index in [1.807, 2.05) is 24.3 Å². The maximum atomic E-state index is 7.01. The molecule has 3 rings (SSSR count). The number of halogens is 1. The normalized spacial score (nSPS) is 34.2. The van der Waals surface area contributed by atoms with Crippen LogP contribution in [0.3, 0.4) is 0 Å². The van der Waals surface area contributed by atoms with Crippen molar-refractivity contribution in [2.45, 2.75) is 109 Å². The van der Waals surface area contributed by atoms with Gasteiger partial charge in [-0.15, -0.1) is 0 Å². The number of epoxide rings is 1. The molecule has 3 nitrogen and oxygen atoms in total. The highest BCUT2D eigenvalue weighted by Gasteiger charge is 2.67. The summed E-state index contributed by atoms with van der Waals surface area (Å²) in [5.41, 5.74) is -0.318. The van der Waals surface area contributed by atoms with Crippen LogP contribution >= 0.6 is 11.6 Å². The largest absolute Gasteiger partial charge is 0.369 e. The summed E-state index contributed by atoms with van der Waals surface area (Å²) in [6.07, 6.45) is 16.7. The summed E-state index contributed by atoms with van der Waals surface area (Å²) in [5, 5.41) is 0.697. The Morgan fingerprint density at radius 3 is 2.23 bits per heavy atom. The van der Waals surface area contributed by atoms with Gasteiger partial charge in [-0.05, 0) is 44.9 Å². The molecule has 2 saturated heterocycles. The molecular weight excluding hydrogens is 394 g/mol. The molecule has 0 N–H and O–H groups in total. The second kappa shape index (κ2) is 10.1. The molecule has 2 fully saturated rings. The van der Waals surface area contributed by atoms with Gasteiger partial charge < -0.3 is 9.47 Å². The molecular formula is C26H40ClNO2. The maximum absolute atomic E-state index is 7.01. The summed E-state index contributed by atoms with van der Waals surface area (Å²) in [6.45, 7) is 9.61. The third-order valence-corrected chi connectivity index (χ3v) is 8.27. The van der Waals surface area contributed by atoms with Crippen LogP contribution in [0.1, 0.15) is 97.6 Å². The van der Waals surface area contributed by atoms with Crippen LogP contribution in [0.2, 0.25) is 0 Å². The van der Waals surface area contributed by atoms with Gasteiger partial charge in [0, 0.05) is 18.2 Å². The molecule has 0 radical (unpaired) electrons. The van der Waals surface area contributed by atoms with Crippen molar-refractivity contribution in [1.82, 2.24) is 4.98 Å². The lowest BCUT2D eigenvalue weighted by Gasteiger charge is -2.47. The van der Waals surface area contributed by atoms with E-state index in [4.69, 9.17) is 21.1 Å². The first kappa shape index (κ1) is 23.8. The zero-order chi connectivity index (χ0) is 21.7. The summed E-state index contributed by atoms with van der Waals surface area (Å²) < 4.78 is 13.0. The quantitative estimate of drug-likeness (QED) is 0.452. The van der Waals surface area contributed by atoms with E-state index in [-0.39, 0.29) is 17.1 Å². The highest BCUT2D eigenvalue weighted by atomic mass is 35.5. The minimum Gasteiger partial charge on any atom is -0.369 e. The maximum Gasteiger partial charge on any atom is 0.109 e. The molecule has 3 heterocycles. The predicted octanol–water partition coefficient (Wildman–Crippen LogP) is 7.53. The first-order chi connectivity index (χ1) is 14.3. The van der Waals surface area contributed by atoms with E-state index in [0.29, 0.717) is 11.6 Å². The third kappa shape index (κ3) is 5.11. The Kier molecular flexibility index (Phi) is 8.03. The lowest BCUT2D eigenvalue weighted by molar-refractivity contribution is -0.107. The molecule has 0 bridgehead atoms. The Balaban J connectivity index is 1.85. The molecule has 0 amide bonds. The highest BCUT2D eigenvalue weighted by molar-refractivity contribution is 6.32. The molecule has 168 valence electrons. The number of nitrogens with zero attached hydrogens (tertiary/aromatic N) is 1. The van der Waals surface area contributed by atoms with Crippen molar-refractivity contribution >= 4 is 17.7 Å². The third-order valence-electron chi connectivity index (χ3n) is 7.80. The standard InChI is InChI=1S/C26H40ClNO2/c1-24(2)25(3,22(27)20-21-16-13-14-18-28-21)29-19-15-11-9-7-5-6-8-10-12-17-23-26(24,4)30-23/h13-14,16,18,20,23H,5-12,15,17,19H2,1-4H3. The fourth-order valence-electron chi connectivity index (χ4n) is 4.84. The summed E-state index contributed by atoms with van der Waals surface area (Å²) in [4.78, 5) is 4.44. The molecule has 0 aliphatic carbocycles. The Hall–Kier alpha value is -0.900. The molecule has 30 heavy (non-hydrogen) atoms. The van der Waals surface area contributed by atoms with E-state index in [1.165, 1.54) is 51.4 Å². The molecule has 0 saturated carbocycles. The lowest BCUT2D eigenvalue weighted by atomic mass is 9.65. The van der Waals surface area contributed by atoms with Gasteiger partial charge in [0.15, 0.2) is 0 Å². The van der Waals surface area contributed by atoms with Crippen LogP contribution in [0.4, 0.5) is 0 Å². The van der Waals surface area contributed by atoms with E-state index in [0.717, 1.165) is 18.5 Å². The predicted molar refractivity (Wildman–Crippen MR) is 126 cm³/mol. The summed E-state index contributed by atoms with van der Waals surface area (Å²) in [7, 11) is 0. The van der Waals surface area contributed by atoms with Gasteiger partial charge in [0.2, 0.25) is 0 Å². The fourth-order valence-corrected chi connectivity index (χ4v) is 5.24. The van der Waals surface area contributed by atoms with Crippen LogP contribution < -0.4 is 0 Å². The summed E-state index contributed by atoms with van der Waals surface area (Å²) in [5.74, 6) is 0. The van der Waals surface area contributed by atoms with Crippen molar-refractivity contribution in [2.75, 3.05) is 6.61 Å². The first-order valence-electron chi connectivity index (χ1n) is 11.9. The van der Waals surface area contributed by atoms with Crippen molar-refractivity contribution in [2.24, 2.45) is 5.41 Å². The van der Waals surface area contributed by atoms with E-state index in [2.05, 4.69) is 32.7 Å². The van der Waals surface area contributed by atoms with Gasteiger partial charge in [-0.1, -0.05) is 82.9 Å². The van der Waals surface area contributed by atoms with E-state index < -0.39 is 5.60 Å². The van der Waals surface area contributed by atoms with Crippen LogP contribution in [0, 0.1) is 5.41 Å². The smallest absolute Gasteiger partial charge is 0.109 e. The Bertz CT molecular complexity index is 704. The van der Waals surface area contributed by atoms with E-state index >= 15 is 0 Å². The molecule has 4 heteroatoms. The minimum absolute atomic E-state index is 0.239. The van der Waals surface area contributed by atoms with Crippen molar-refractivity contribution in [3.8, 4) is 0 Å². The minimum atomic E-state index is -0.646. The Morgan fingerprint density at radius 1 is 0.967 bits per heavy atom. The van der Waals surface area contributed by atoms with Gasteiger partial charge in [0.1, 0.15) is 11.2 Å². The second-order valence-electron chi connectivity index (χ2n) is 9.94. The number of pyridine rings is 1. The molecule has 0 aromatic carbocycles. The number of ether oxygens (including phenoxy) is 2. The van der Waals surface area contributed by atoms with Gasteiger partial charge in [0.25, 0.3) is 0 Å². The van der Waals surface area contributed by atoms with Crippen LogP contribution in [0.5, 0.6) is 0 Å². The fraction of sp³-hybridized carbons (Fsp3) is 0.731. The SMILES string of the molecule is CC1(C(Cl)=Cc2ccccn2)OCCCCCCCCCCCC2OC2(C)C1(C)C. The molecule has 3 atom stereocenters. The number of fused-ring (bicyclic) bond motifs is 1. The van der Waals surface area contributed by atoms with Gasteiger partial charge in [0.05, 0.1) is 16.8 Å². The van der Waals surface area contributed by atoms with Crippen molar-refractivity contribution in [3.05, 3.63) is 35.1 Å². The molecule has 3 unspecified atom stereocenters. The zero-order valence-electron chi connectivity index (χ0n) is 19.4. The number of aromatic nitrogens is 1. The number of hydrogen-bond donors (Lipinski definition) is 0. The summed E-state index contributed by atoms with van der Waals surface area (Å²) in [6, 6.07) is 5.88. The highest BCUT2D eigenvalue weighted by Crippen LogP contribution is 2.59. The monoisotopic (exact) mass is 433 g/mol. The topological polar surface area (TPSA) is 34.6 Å². The molecule has 2 aliphatic rings. The number of hydrogen-bond acceptors (Lipinski definition) is 3. The van der Waals surface area contributed by atoms with Crippen LogP contribution in [-0.2, 0) is 9.47 Å². The van der Waals surface area contributed by atoms with Gasteiger partial charge in [-0.25, -0.2) is 0 Å². The van der Waals surface area contributed by atoms with Crippen LogP contribution in [0.15, 0.2) is 29.4 Å². The Morgan fingerprint density at radius 2 is 1.60 bits per heavy atom. The Labute approximate surface area is 188 Å². The van der Waals surface area contributed by atoms with E-state index in [9.17, 15) is 0 Å². The summed E-state index contributed by atoms with van der Waals surface area (Å²) >= 11 is 7.01. The van der Waals surface area contributed by atoms with Crippen LogP contribution in [0.25, 0.3) is 6.08 Å². The first-order valence-corrected chi connectivity index (χ1v) is 12.3. The molecule has 2 aliphatic heterocycles. The van der Waals surface area contributed by atoms with Gasteiger partial charge >= 0.3 is 0 Å². The lowest BCUT2D eigenvalue weighted by Crippen LogP contribution is -2.53. The van der Waals surface area contributed by atoms with Crippen molar-refractivity contribution in [1.29, 1.82) is 0 Å². The zero-order valence-corrected chi connectivity index (χ0v) is 20.1. The number of rotatable bonds is 2. The van der Waals surface area contributed by atoms with Gasteiger partial charge in [-0.2, -0.15) is 0 Å². The molecule has 1 aromatic heterocycles. The average Bonchev–Trinajstić information content (AvgIpc) is 3.40. The van der Waals surface area contributed by atoms with Crippen molar-refractivity contribution < 1.29 is 9.47 Å².